The van der Waals surface area contributed by atoms with Crippen LogP contribution in [-0.4, -0.2) is 80.8 Å². The molecule has 0 atom stereocenters. The van der Waals surface area contributed by atoms with Gasteiger partial charge in [-0.25, -0.2) is 13.6 Å². The molecule has 2 heterocycles. The minimum Gasteiger partial charge on any atom is -0.396 e. The summed E-state index contributed by atoms with van der Waals surface area (Å²) in [7, 11) is -2.44. The SMILES string of the molecule is C=CCCC.C=O.CC.CN.Cc1ccc(N2CCC(CN)CC2)c(-c2nn[nH]n2)c1S(N)(=O)=O.NCCCO. The number of nitrogens with two attached hydrogens (primary N) is 4. The van der Waals surface area contributed by atoms with Crippen LogP contribution in [0.2, 0.25) is 0 Å². The maximum Gasteiger partial charge on any atom is 0.239 e. The number of hydrogen-bond acceptors (Lipinski definition) is 11. The summed E-state index contributed by atoms with van der Waals surface area (Å²) < 4.78 is 24.3. The van der Waals surface area contributed by atoms with E-state index in [1.54, 1.807) is 13.0 Å². The van der Waals surface area contributed by atoms with Crippen molar-refractivity contribution < 1.29 is 18.3 Å². The average molecular weight is 588 g/mol. The van der Waals surface area contributed by atoms with Gasteiger partial charge in [0.15, 0.2) is 0 Å². The molecule has 0 radical (unpaired) electrons. The quantitative estimate of drug-likeness (QED) is 0.243. The lowest BCUT2D eigenvalue weighted by Gasteiger charge is -2.34. The Morgan fingerprint density at radius 1 is 1.18 bits per heavy atom. The van der Waals surface area contributed by atoms with E-state index in [1.165, 1.54) is 13.5 Å². The molecule has 14 heteroatoms. The molecule has 0 amide bonds. The third-order valence-electron chi connectivity index (χ3n) is 5.33. The van der Waals surface area contributed by atoms with Gasteiger partial charge >= 0.3 is 0 Å². The van der Waals surface area contributed by atoms with Crippen molar-refractivity contribution in [1.29, 1.82) is 0 Å². The molecule has 1 aromatic carbocycles. The molecule has 3 rings (SSSR count). The summed E-state index contributed by atoms with van der Waals surface area (Å²) in [6.45, 7) is 16.5. The highest BCUT2D eigenvalue weighted by Gasteiger charge is 2.28. The summed E-state index contributed by atoms with van der Waals surface area (Å²) in [5.41, 5.74) is 16.9. The molecule has 1 saturated heterocycles. The maximum absolute atomic E-state index is 12.2. The van der Waals surface area contributed by atoms with Gasteiger partial charge in [0.1, 0.15) is 6.79 Å². The van der Waals surface area contributed by atoms with Gasteiger partial charge in [-0.3, -0.25) is 0 Å². The number of aromatic amines is 1. The topological polar surface area (TPSA) is 233 Å². The van der Waals surface area contributed by atoms with Crippen LogP contribution in [-0.2, 0) is 14.8 Å². The van der Waals surface area contributed by atoms with Crippen LogP contribution in [0.3, 0.4) is 0 Å². The van der Waals surface area contributed by atoms with Gasteiger partial charge in [0, 0.05) is 25.4 Å². The number of aromatic nitrogens is 4. The first-order chi connectivity index (χ1) is 19.2. The number of unbranched alkanes of at least 4 members (excludes halogenated alkanes) is 1. The largest absolute Gasteiger partial charge is 0.396 e. The van der Waals surface area contributed by atoms with E-state index in [9.17, 15) is 8.42 Å². The Morgan fingerprint density at radius 3 is 2.08 bits per heavy atom. The molecule has 2 aromatic rings. The highest BCUT2D eigenvalue weighted by atomic mass is 32.2. The first-order valence-electron chi connectivity index (χ1n) is 13.4. The van der Waals surface area contributed by atoms with E-state index in [0.29, 0.717) is 30.1 Å². The summed E-state index contributed by atoms with van der Waals surface area (Å²) in [4.78, 5) is 10.2. The van der Waals surface area contributed by atoms with Crippen LogP contribution in [0.1, 0.15) is 58.4 Å². The number of aryl methyl sites for hydroxylation is 1. The number of benzene rings is 1. The Hall–Kier alpha value is -2.75. The summed E-state index contributed by atoms with van der Waals surface area (Å²) in [5.74, 6) is 0.719. The third kappa shape index (κ3) is 15.7. The van der Waals surface area contributed by atoms with Crippen LogP contribution in [0, 0.1) is 12.8 Å². The number of aliphatic hydroxyl groups excluding tert-OH is 1. The number of piperidine rings is 1. The minimum absolute atomic E-state index is 0.0438. The Balaban J connectivity index is -0.000000715. The lowest BCUT2D eigenvalue weighted by Crippen LogP contribution is -2.36. The number of allylic oxidation sites excluding steroid dienone is 1. The molecule has 13 nitrogen and oxygen atoms in total. The number of nitrogens with one attached hydrogen (secondary N) is 1. The smallest absolute Gasteiger partial charge is 0.239 e. The molecule has 0 unspecified atom stereocenters. The molecule has 10 N–H and O–H groups in total. The molecule has 1 aliphatic heterocycles. The van der Waals surface area contributed by atoms with Crippen molar-refractivity contribution in [3.05, 3.63) is 30.4 Å². The number of anilines is 1. The number of tetrazole rings is 1. The zero-order valence-corrected chi connectivity index (χ0v) is 25.8. The van der Waals surface area contributed by atoms with E-state index >= 15 is 0 Å². The molecule has 232 valence electrons. The van der Waals surface area contributed by atoms with E-state index in [1.807, 2.05) is 32.8 Å². The third-order valence-corrected chi connectivity index (χ3v) is 6.42. The molecule has 40 heavy (non-hydrogen) atoms. The number of hydrogen-bond donors (Lipinski definition) is 6. The summed E-state index contributed by atoms with van der Waals surface area (Å²) in [6, 6.07) is 3.64. The number of carbonyl (C=O) groups is 1. The van der Waals surface area contributed by atoms with Crippen LogP contribution in [0.25, 0.3) is 11.4 Å². The van der Waals surface area contributed by atoms with Crippen molar-refractivity contribution in [3.8, 4) is 11.4 Å². The van der Waals surface area contributed by atoms with E-state index in [2.05, 4.69) is 44.8 Å². The van der Waals surface area contributed by atoms with E-state index in [-0.39, 0.29) is 17.3 Å². The zero-order chi connectivity index (χ0) is 31.6. The van der Waals surface area contributed by atoms with Crippen LogP contribution >= 0.6 is 0 Å². The normalized spacial score (nSPS) is 12.3. The molecule has 0 spiro atoms. The highest BCUT2D eigenvalue weighted by Crippen LogP contribution is 2.37. The number of carbonyl (C=O) groups excluding carboxylic acids is 1. The highest BCUT2D eigenvalue weighted by molar-refractivity contribution is 7.89. The molecule has 1 fully saturated rings. The molecule has 1 aromatic heterocycles. The van der Waals surface area contributed by atoms with Crippen LogP contribution < -0.4 is 27.2 Å². The fourth-order valence-corrected chi connectivity index (χ4v) is 4.49. The van der Waals surface area contributed by atoms with Crippen LogP contribution in [0.4, 0.5) is 5.69 Å². The van der Waals surface area contributed by atoms with E-state index < -0.39 is 10.0 Å². The number of aliphatic hydroxyl groups is 1. The van der Waals surface area contributed by atoms with Crippen molar-refractivity contribution in [2.75, 3.05) is 44.7 Å². The van der Waals surface area contributed by atoms with Gasteiger partial charge in [-0.1, -0.05) is 39.3 Å². The van der Waals surface area contributed by atoms with Crippen molar-refractivity contribution in [3.63, 3.8) is 0 Å². The van der Waals surface area contributed by atoms with Gasteiger partial charge in [-0.2, -0.15) is 5.21 Å². The van der Waals surface area contributed by atoms with Gasteiger partial charge in [-0.05, 0) is 75.5 Å². The van der Waals surface area contributed by atoms with Crippen molar-refractivity contribution in [2.45, 2.75) is 64.7 Å². The lowest BCUT2D eigenvalue weighted by molar-refractivity contribution is -0.0980. The fraction of sp³-hybridized carbons (Fsp3) is 0.615. The van der Waals surface area contributed by atoms with Gasteiger partial charge in [0.25, 0.3) is 0 Å². The Bertz CT molecular complexity index is 965. The Morgan fingerprint density at radius 2 is 1.75 bits per heavy atom. The van der Waals surface area contributed by atoms with Crippen LogP contribution in [0.5, 0.6) is 0 Å². The molecule has 1 aliphatic rings. The minimum atomic E-state index is -3.94. The van der Waals surface area contributed by atoms with Gasteiger partial charge in [0.2, 0.25) is 15.8 Å². The predicted molar refractivity (Wildman–Crippen MR) is 164 cm³/mol. The second-order valence-electron chi connectivity index (χ2n) is 8.00. The predicted octanol–water partition coefficient (Wildman–Crippen LogP) is 1.71. The van der Waals surface area contributed by atoms with Crippen molar-refractivity contribution in [1.82, 2.24) is 20.6 Å². The number of rotatable bonds is 8. The number of nitrogens with zero attached hydrogens (tertiary/aromatic N) is 4. The summed E-state index contributed by atoms with van der Waals surface area (Å²) >= 11 is 0. The summed E-state index contributed by atoms with van der Waals surface area (Å²) in [6.07, 6.45) is 6.95. The van der Waals surface area contributed by atoms with Gasteiger partial charge in [-0.15, -0.1) is 16.8 Å². The maximum atomic E-state index is 12.2. The van der Waals surface area contributed by atoms with E-state index in [4.69, 9.17) is 26.5 Å². The van der Waals surface area contributed by atoms with Crippen molar-refractivity contribution in [2.24, 2.45) is 28.3 Å². The second-order valence-corrected chi connectivity index (χ2v) is 9.49. The monoisotopic (exact) mass is 587 g/mol. The van der Waals surface area contributed by atoms with Gasteiger partial charge < -0.3 is 32.0 Å². The summed E-state index contributed by atoms with van der Waals surface area (Å²) in [5, 5.41) is 27.3. The number of primary sulfonamides is 1. The average Bonchev–Trinajstić information content (AvgIpc) is 3.52. The van der Waals surface area contributed by atoms with Gasteiger partial charge in [0.05, 0.1) is 10.5 Å². The Labute approximate surface area is 240 Å². The number of sulfonamides is 1. The molecular weight excluding hydrogens is 534 g/mol. The second kappa shape index (κ2) is 26.5. The lowest BCUT2D eigenvalue weighted by atomic mass is 9.96. The number of H-pyrrole nitrogens is 1. The zero-order valence-electron chi connectivity index (χ0n) is 25.0. The molecule has 0 aliphatic carbocycles. The standard InChI is InChI=1S/C14H21N7O2S.C5H10.C3H9NO.C2H6.CH5N.CH2O/c1-9-2-3-11(21-6-4-10(8-15)5-7-21)12(13(9)24(16,22)23)14-17-19-20-18-14;1-3-5-4-2;4-2-1-3-5;3*1-2/h2-3,10H,4-8,15H2,1H3,(H2,16,22,23)(H,17,18,19,20);3H,1,4-5H2,2H3;5H,1-4H2;1-2H3;2H2,1H3;1H2. The molecule has 0 bridgehead atoms. The van der Waals surface area contributed by atoms with Crippen LogP contribution in [0.15, 0.2) is 29.7 Å². The van der Waals surface area contributed by atoms with Crippen molar-refractivity contribution >= 4 is 22.5 Å². The first-order valence-corrected chi connectivity index (χ1v) is 14.9. The fourth-order valence-electron chi connectivity index (χ4n) is 3.50. The first kappa shape index (κ1) is 41.7. The van der Waals surface area contributed by atoms with E-state index in [0.717, 1.165) is 44.5 Å². The molecule has 0 saturated carbocycles. The molecular formula is C26H53N9O4S. The Kier molecular flexibility index (Phi) is 27.6.